The number of nitrogens with zero attached hydrogens (tertiary/aromatic N) is 2. The van der Waals surface area contributed by atoms with Gasteiger partial charge in [0.25, 0.3) is 0 Å². The predicted molar refractivity (Wildman–Crippen MR) is 143 cm³/mol. The number of carbonyl (C=O) groups excluding carboxylic acids is 2. The van der Waals surface area contributed by atoms with Crippen molar-refractivity contribution in [2.45, 2.75) is 32.2 Å². The molecule has 0 atom stereocenters. The number of rotatable bonds is 13. The van der Waals surface area contributed by atoms with Crippen LogP contribution in [0, 0.1) is 5.41 Å². The standard InChI is InChI=1S/C28H35N3O6S/c1-31(2,10-11-32)9-6-12-37-23-13-21-24(14-22(23)36-3)38-25(30-21)18-29-27(35)28(17-26(33)34)15-19-7-4-5-8-20(19)16-28/h4-5,7-8,13-14,32H,6,9-12,15-18H2,1-3H3,(H-,29,33,34,35). The van der Waals surface area contributed by atoms with Gasteiger partial charge in [0, 0.05) is 30.9 Å². The van der Waals surface area contributed by atoms with E-state index in [9.17, 15) is 19.8 Å². The second-order valence-electron chi connectivity index (χ2n) is 10.5. The molecule has 4 rings (SSSR count). The first kappa shape index (κ1) is 27.8. The number of thiazole rings is 1. The van der Waals surface area contributed by atoms with Gasteiger partial charge in [0.05, 0.1) is 63.1 Å². The lowest BCUT2D eigenvalue weighted by Crippen LogP contribution is -2.45. The number of amides is 1. The van der Waals surface area contributed by atoms with Crippen molar-refractivity contribution in [2.75, 3.05) is 47.5 Å². The van der Waals surface area contributed by atoms with Crippen LogP contribution >= 0.6 is 11.3 Å². The number of carboxylic acid groups (broad SMARTS) is 1. The molecule has 0 unspecified atom stereocenters. The topological polar surface area (TPSA) is 121 Å². The molecule has 38 heavy (non-hydrogen) atoms. The van der Waals surface area contributed by atoms with Crippen molar-refractivity contribution < 1.29 is 33.8 Å². The van der Waals surface area contributed by atoms with Gasteiger partial charge in [-0.1, -0.05) is 24.3 Å². The molecule has 0 saturated heterocycles. The largest absolute Gasteiger partial charge is 0.550 e. The van der Waals surface area contributed by atoms with Crippen LogP contribution in [-0.4, -0.2) is 74.0 Å². The third-order valence-corrected chi connectivity index (χ3v) is 8.15. The number of methoxy groups -OCH3 is 1. The Balaban J connectivity index is 1.42. The molecule has 9 nitrogen and oxygen atoms in total. The molecule has 0 fully saturated rings. The van der Waals surface area contributed by atoms with Crippen molar-refractivity contribution in [1.82, 2.24) is 10.3 Å². The Morgan fingerprint density at radius 1 is 1.16 bits per heavy atom. The molecule has 3 aromatic rings. The minimum absolute atomic E-state index is 0.149. The van der Waals surface area contributed by atoms with Crippen LogP contribution < -0.4 is 19.9 Å². The van der Waals surface area contributed by atoms with Crippen molar-refractivity contribution in [3.05, 3.63) is 52.5 Å². The highest BCUT2D eigenvalue weighted by molar-refractivity contribution is 7.18. The number of ether oxygens (including phenoxy) is 2. The predicted octanol–water partition coefficient (Wildman–Crippen LogP) is 1.68. The van der Waals surface area contributed by atoms with Crippen LogP contribution in [0.1, 0.15) is 29.0 Å². The first-order valence-corrected chi connectivity index (χ1v) is 13.5. The molecule has 1 aliphatic carbocycles. The lowest BCUT2D eigenvalue weighted by atomic mass is 9.80. The molecule has 2 N–H and O–H groups in total. The molecule has 0 radical (unpaired) electrons. The van der Waals surface area contributed by atoms with Gasteiger partial charge in [0.2, 0.25) is 5.91 Å². The van der Waals surface area contributed by atoms with Gasteiger partial charge >= 0.3 is 0 Å². The molecule has 204 valence electrons. The van der Waals surface area contributed by atoms with Crippen molar-refractivity contribution in [2.24, 2.45) is 5.41 Å². The van der Waals surface area contributed by atoms with E-state index >= 15 is 0 Å². The molecule has 1 aromatic heterocycles. The molecule has 2 aromatic carbocycles. The summed E-state index contributed by atoms with van der Waals surface area (Å²) in [5.41, 5.74) is 1.68. The van der Waals surface area contributed by atoms with Gasteiger partial charge in [0.15, 0.2) is 11.5 Å². The molecule has 1 aliphatic rings. The second-order valence-corrected chi connectivity index (χ2v) is 11.6. The van der Waals surface area contributed by atoms with Crippen LogP contribution in [0.5, 0.6) is 11.5 Å². The normalized spacial score (nSPS) is 14.3. The third kappa shape index (κ3) is 6.43. The average molecular weight is 542 g/mol. The lowest BCUT2D eigenvalue weighted by Gasteiger charge is -2.28. The number of likely N-dealkylation sites (N-methyl/N-ethyl adjacent to an activating group) is 1. The van der Waals surface area contributed by atoms with Gasteiger partial charge in [-0.05, 0) is 24.0 Å². The SMILES string of the molecule is COc1cc2sc(CNC(=O)C3(CC(=O)[O-])Cc4ccccc4C3)nc2cc1OCCC[N+](C)(C)CCO. The summed E-state index contributed by atoms with van der Waals surface area (Å²) in [5.74, 6) is -0.327. The number of hydrogen-bond donors (Lipinski definition) is 2. The van der Waals surface area contributed by atoms with Gasteiger partial charge < -0.3 is 34.3 Å². The Morgan fingerprint density at radius 2 is 1.87 bits per heavy atom. The van der Waals surface area contributed by atoms with E-state index in [1.807, 2.05) is 36.4 Å². The van der Waals surface area contributed by atoms with Crippen molar-refractivity contribution in [3.63, 3.8) is 0 Å². The van der Waals surface area contributed by atoms with E-state index in [1.54, 1.807) is 7.11 Å². The Morgan fingerprint density at radius 3 is 2.50 bits per heavy atom. The number of aliphatic hydroxyl groups is 1. The Kier molecular flexibility index (Phi) is 8.54. The molecule has 1 heterocycles. The summed E-state index contributed by atoms with van der Waals surface area (Å²) in [7, 11) is 5.74. The monoisotopic (exact) mass is 541 g/mol. The van der Waals surface area contributed by atoms with Crippen LogP contribution in [0.25, 0.3) is 10.2 Å². The third-order valence-electron chi connectivity index (χ3n) is 7.13. The number of quaternary nitrogens is 1. The van der Waals surface area contributed by atoms with E-state index in [0.29, 0.717) is 47.0 Å². The number of aliphatic hydroxyl groups excluding tert-OH is 1. The maximum Gasteiger partial charge on any atom is 0.227 e. The lowest BCUT2D eigenvalue weighted by molar-refractivity contribution is -0.890. The second kappa shape index (κ2) is 11.7. The van der Waals surface area contributed by atoms with Crippen LogP contribution in [0.15, 0.2) is 36.4 Å². The van der Waals surface area contributed by atoms with E-state index in [2.05, 4.69) is 24.4 Å². The summed E-state index contributed by atoms with van der Waals surface area (Å²) in [6.45, 7) is 2.41. The molecule has 0 aliphatic heterocycles. The van der Waals surface area contributed by atoms with Crippen molar-refractivity contribution in [1.29, 1.82) is 0 Å². The zero-order chi connectivity index (χ0) is 27.3. The maximum atomic E-state index is 13.3. The Labute approximate surface area is 226 Å². The molecule has 10 heteroatoms. The van der Waals surface area contributed by atoms with Gasteiger partial charge in [-0.15, -0.1) is 11.3 Å². The van der Waals surface area contributed by atoms with Crippen LogP contribution in [0.3, 0.4) is 0 Å². The van der Waals surface area contributed by atoms with Crippen molar-refractivity contribution >= 4 is 33.4 Å². The molecule has 0 saturated carbocycles. The van der Waals surface area contributed by atoms with E-state index in [1.165, 1.54) is 11.3 Å². The number of hydrogen-bond acceptors (Lipinski definition) is 8. The highest BCUT2D eigenvalue weighted by Gasteiger charge is 2.43. The van der Waals surface area contributed by atoms with Crippen LogP contribution in [0.2, 0.25) is 0 Å². The van der Waals surface area contributed by atoms with Gasteiger partial charge in [-0.3, -0.25) is 4.79 Å². The molecule has 0 bridgehead atoms. The number of aromatic nitrogens is 1. The highest BCUT2D eigenvalue weighted by Crippen LogP contribution is 2.40. The molecular formula is C28H35N3O6S. The zero-order valence-electron chi connectivity index (χ0n) is 22.1. The average Bonchev–Trinajstić information content (AvgIpc) is 3.44. The molecular weight excluding hydrogens is 506 g/mol. The van der Waals surface area contributed by atoms with E-state index in [0.717, 1.165) is 34.3 Å². The van der Waals surface area contributed by atoms with Gasteiger partial charge in [0.1, 0.15) is 11.6 Å². The number of fused-ring (bicyclic) bond motifs is 2. The van der Waals surface area contributed by atoms with Gasteiger partial charge in [-0.25, -0.2) is 4.98 Å². The smallest absolute Gasteiger partial charge is 0.227 e. The summed E-state index contributed by atoms with van der Waals surface area (Å²) < 4.78 is 13.1. The summed E-state index contributed by atoms with van der Waals surface area (Å²) in [6.07, 6.45) is 1.23. The van der Waals surface area contributed by atoms with E-state index in [-0.39, 0.29) is 25.5 Å². The minimum atomic E-state index is -1.23. The minimum Gasteiger partial charge on any atom is -0.550 e. The number of carbonyl (C=O) groups is 2. The molecule has 1 amide bonds. The number of aliphatic carboxylic acids is 1. The quantitative estimate of drug-likeness (QED) is 0.250. The number of benzene rings is 2. The zero-order valence-corrected chi connectivity index (χ0v) is 22.9. The first-order chi connectivity index (χ1) is 18.1. The first-order valence-electron chi connectivity index (χ1n) is 12.7. The molecule has 0 spiro atoms. The fourth-order valence-corrected chi connectivity index (χ4v) is 5.99. The fourth-order valence-electron chi connectivity index (χ4n) is 5.07. The van der Waals surface area contributed by atoms with Crippen LogP contribution in [0.4, 0.5) is 0 Å². The summed E-state index contributed by atoms with van der Waals surface area (Å²) in [4.78, 5) is 29.5. The summed E-state index contributed by atoms with van der Waals surface area (Å²) in [5, 5.41) is 24.4. The highest BCUT2D eigenvalue weighted by atomic mass is 32.1. The van der Waals surface area contributed by atoms with Crippen LogP contribution in [-0.2, 0) is 29.0 Å². The Hall–Kier alpha value is -3.21. The number of nitrogens with one attached hydrogen (secondary N) is 1. The summed E-state index contributed by atoms with van der Waals surface area (Å²) >= 11 is 1.44. The maximum absolute atomic E-state index is 13.3. The number of carboxylic acids is 1. The Bertz CT molecular complexity index is 1280. The van der Waals surface area contributed by atoms with Gasteiger partial charge in [-0.2, -0.15) is 0 Å². The van der Waals surface area contributed by atoms with E-state index < -0.39 is 11.4 Å². The summed E-state index contributed by atoms with van der Waals surface area (Å²) in [6, 6.07) is 11.4. The van der Waals surface area contributed by atoms with Crippen molar-refractivity contribution in [3.8, 4) is 11.5 Å². The fraction of sp³-hybridized carbons (Fsp3) is 0.464. The van der Waals surface area contributed by atoms with E-state index in [4.69, 9.17) is 9.47 Å².